The number of para-hydroxylation sites is 1. The summed E-state index contributed by atoms with van der Waals surface area (Å²) in [5.74, 6) is -0.315. The summed E-state index contributed by atoms with van der Waals surface area (Å²) in [6.07, 6.45) is 0.947. The number of nitrogens with one attached hydrogen (secondary N) is 1. The van der Waals surface area contributed by atoms with Crippen LogP contribution < -0.4 is 11.1 Å². The third kappa shape index (κ3) is 6.70. The van der Waals surface area contributed by atoms with Gasteiger partial charge in [0.25, 0.3) is 0 Å². The Morgan fingerprint density at radius 2 is 1.59 bits per heavy atom. The van der Waals surface area contributed by atoms with Gasteiger partial charge < -0.3 is 16.0 Å². The summed E-state index contributed by atoms with van der Waals surface area (Å²) < 4.78 is 0. The van der Waals surface area contributed by atoms with Crippen molar-refractivity contribution >= 4 is 29.9 Å². The first-order valence-corrected chi connectivity index (χ1v) is 8.98. The van der Waals surface area contributed by atoms with Crippen molar-refractivity contribution in [1.82, 2.24) is 4.90 Å². The lowest BCUT2D eigenvalue weighted by molar-refractivity contribution is -0.138. The van der Waals surface area contributed by atoms with Crippen LogP contribution in [0.1, 0.15) is 38.3 Å². The molecule has 2 unspecified atom stereocenters. The van der Waals surface area contributed by atoms with Crippen molar-refractivity contribution in [3.8, 4) is 0 Å². The predicted molar refractivity (Wildman–Crippen MR) is 112 cm³/mol. The third-order valence-electron chi connectivity index (χ3n) is 4.30. The maximum absolute atomic E-state index is 12.8. The second-order valence-electron chi connectivity index (χ2n) is 6.34. The van der Waals surface area contributed by atoms with E-state index in [1.807, 2.05) is 67.6 Å². The van der Waals surface area contributed by atoms with Crippen LogP contribution in [0.25, 0.3) is 0 Å². The molecule has 0 radical (unpaired) electrons. The van der Waals surface area contributed by atoms with Gasteiger partial charge in [-0.2, -0.15) is 0 Å². The lowest BCUT2D eigenvalue weighted by Crippen LogP contribution is -2.46. The molecule has 2 aromatic rings. The molecule has 0 fully saturated rings. The summed E-state index contributed by atoms with van der Waals surface area (Å²) in [7, 11) is 0. The van der Waals surface area contributed by atoms with E-state index >= 15 is 0 Å². The summed E-state index contributed by atoms with van der Waals surface area (Å²) in [6, 6.07) is 17.8. The zero-order chi connectivity index (χ0) is 18.9. The molecular weight excluding hydrogens is 362 g/mol. The largest absolute Gasteiger partial charge is 0.331 e. The van der Waals surface area contributed by atoms with E-state index < -0.39 is 6.04 Å². The third-order valence-corrected chi connectivity index (χ3v) is 4.30. The van der Waals surface area contributed by atoms with E-state index in [2.05, 4.69) is 5.32 Å². The van der Waals surface area contributed by atoms with Crippen molar-refractivity contribution in [3.05, 3.63) is 66.2 Å². The molecule has 2 atom stereocenters. The van der Waals surface area contributed by atoms with Gasteiger partial charge in [0.05, 0.1) is 0 Å². The molecule has 0 spiro atoms. The van der Waals surface area contributed by atoms with Gasteiger partial charge in [0.1, 0.15) is 6.04 Å². The fraction of sp³-hybridized carbons (Fsp3) is 0.333. The van der Waals surface area contributed by atoms with Crippen LogP contribution in [0.2, 0.25) is 0 Å². The maximum atomic E-state index is 12.8. The number of halogens is 1. The van der Waals surface area contributed by atoms with E-state index in [0.717, 1.165) is 12.0 Å². The number of hydrogen-bond donors (Lipinski definition) is 2. The van der Waals surface area contributed by atoms with Gasteiger partial charge in [-0.05, 0) is 31.0 Å². The molecule has 0 aliphatic carbocycles. The van der Waals surface area contributed by atoms with Gasteiger partial charge in [-0.1, -0.05) is 55.5 Å². The Bertz CT molecular complexity index is 710. The zero-order valence-electron chi connectivity index (χ0n) is 15.8. The van der Waals surface area contributed by atoms with E-state index in [-0.39, 0.29) is 36.7 Å². The lowest BCUT2D eigenvalue weighted by Gasteiger charge is -2.29. The smallest absolute Gasteiger partial charge is 0.246 e. The average molecular weight is 390 g/mol. The van der Waals surface area contributed by atoms with Gasteiger partial charge in [0, 0.05) is 24.7 Å². The molecule has 2 rings (SSSR count). The highest BCUT2D eigenvalue weighted by Gasteiger charge is 2.26. The van der Waals surface area contributed by atoms with Crippen molar-refractivity contribution in [2.75, 3.05) is 11.9 Å². The first kappa shape index (κ1) is 22.7. The van der Waals surface area contributed by atoms with Gasteiger partial charge in [0.15, 0.2) is 0 Å². The van der Waals surface area contributed by atoms with Gasteiger partial charge in [-0.25, -0.2) is 0 Å². The SMILES string of the molecule is CCCN(C(=O)CC(N)c1ccccc1)C(C)C(=O)Nc1ccccc1.Cl. The number of nitrogens with two attached hydrogens (primary N) is 1. The van der Waals surface area contributed by atoms with Crippen LogP contribution >= 0.6 is 12.4 Å². The van der Waals surface area contributed by atoms with Crippen LogP contribution in [0.15, 0.2) is 60.7 Å². The van der Waals surface area contributed by atoms with Gasteiger partial charge in [0.2, 0.25) is 11.8 Å². The number of amides is 2. The lowest BCUT2D eigenvalue weighted by atomic mass is 10.0. The fourth-order valence-corrected chi connectivity index (χ4v) is 2.81. The minimum absolute atomic E-state index is 0. The Morgan fingerprint density at radius 3 is 2.15 bits per heavy atom. The van der Waals surface area contributed by atoms with Gasteiger partial charge >= 0.3 is 0 Å². The van der Waals surface area contributed by atoms with Crippen LogP contribution in [0.4, 0.5) is 5.69 Å². The molecular formula is C21H28ClN3O2. The van der Waals surface area contributed by atoms with Crippen LogP contribution in [0.5, 0.6) is 0 Å². The summed E-state index contributed by atoms with van der Waals surface area (Å²) in [6.45, 7) is 4.25. The quantitative estimate of drug-likeness (QED) is 0.721. The minimum atomic E-state index is -0.564. The molecule has 6 heteroatoms. The zero-order valence-corrected chi connectivity index (χ0v) is 16.6. The summed E-state index contributed by atoms with van der Waals surface area (Å²) in [5, 5.41) is 2.86. The number of benzene rings is 2. The first-order chi connectivity index (χ1) is 12.5. The van der Waals surface area contributed by atoms with Crippen LogP contribution in [-0.2, 0) is 9.59 Å². The molecule has 0 aliphatic heterocycles. The summed E-state index contributed by atoms with van der Waals surface area (Å²) in [4.78, 5) is 26.9. The highest BCUT2D eigenvalue weighted by atomic mass is 35.5. The number of nitrogens with zero attached hydrogens (tertiary/aromatic N) is 1. The molecule has 2 aromatic carbocycles. The Hall–Kier alpha value is -2.37. The van der Waals surface area contributed by atoms with Crippen molar-refractivity contribution in [2.24, 2.45) is 5.73 Å². The average Bonchev–Trinajstić information content (AvgIpc) is 2.66. The standard InChI is InChI=1S/C21H27N3O2.ClH/c1-3-14-24(16(2)21(26)23-18-12-8-5-9-13-18)20(25)15-19(22)17-10-6-4-7-11-17;/h4-13,16,19H,3,14-15,22H2,1-2H3,(H,23,26);1H. The monoisotopic (exact) mass is 389 g/mol. The van der Waals surface area contributed by atoms with Crippen molar-refractivity contribution in [1.29, 1.82) is 0 Å². The van der Waals surface area contributed by atoms with E-state index in [0.29, 0.717) is 12.2 Å². The molecule has 0 saturated heterocycles. The van der Waals surface area contributed by atoms with Gasteiger partial charge in [-0.3, -0.25) is 9.59 Å². The minimum Gasteiger partial charge on any atom is -0.331 e. The van der Waals surface area contributed by atoms with Crippen molar-refractivity contribution < 1.29 is 9.59 Å². The maximum Gasteiger partial charge on any atom is 0.246 e. The number of carbonyl (C=O) groups excluding carboxylic acids is 2. The normalized spacial score (nSPS) is 12.4. The number of carbonyl (C=O) groups is 2. The summed E-state index contributed by atoms with van der Waals surface area (Å²) >= 11 is 0. The molecule has 0 saturated carbocycles. The fourth-order valence-electron chi connectivity index (χ4n) is 2.81. The predicted octanol–water partition coefficient (Wildman–Crippen LogP) is 3.76. The number of anilines is 1. The van der Waals surface area contributed by atoms with E-state index in [1.54, 1.807) is 11.8 Å². The molecule has 0 aromatic heterocycles. The highest BCUT2D eigenvalue weighted by molar-refractivity contribution is 5.96. The number of hydrogen-bond acceptors (Lipinski definition) is 3. The Kier molecular flexibility index (Phi) is 9.54. The Morgan fingerprint density at radius 1 is 1.04 bits per heavy atom. The highest BCUT2D eigenvalue weighted by Crippen LogP contribution is 2.17. The van der Waals surface area contributed by atoms with E-state index in [1.165, 1.54) is 0 Å². The second-order valence-corrected chi connectivity index (χ2v) is 6.34. The van der Waals surface area contributed by atoms with Crippen molar-refractivity contribution in [2.45, 2.75) is 38.8 Å². The molecule has 27 heavy (non-hydrogen) atoms. The van der Waals surface area contributed by atoms with Crippen LogP contribution in [0, 0.1) is 0 Å². The summed E-state index contributed by atoms with van der Waals surface area (Å²) in [5.41, 5.74) is 7.81. The number of rotatable bonds is 8. The molecule has 2 amide bonds. The topological polar surface area (TPSA) is 75.4 Å². The molecule has 146 valence electrons. The van der Waals surface area contributed by atoms with Crippen molar-refractivity contribution in [3.63, 3.8) is 0 Å². The Balaban J connectivity index is 0.00000364. The van der Waals surface area contributed by atoms with Crippen LogP contribution in [-0.4, -0.2) is 29.3 Å². The first-order valence-electron chi connectivity index (χ1n) is 8.98. The van der Waals surface area contributed by atoms with Crippen LogP contribution in [0.3, 0.4) is 0 Å². The molecule has 0 heterocycles. The second kappa shape index (κ2) is 11.4. The Labute approximate surface area is 167 Å². The molecule has 0 bridgehead atoms. The van der Waals surface area contributed by atoms with Gasteiger partial charge in [-0.15, -0.1) is 12.4 Å². The molecule has 3 N–H and O–H groups in total. The van der Waals surface area contributed by atoms with E-state index in [4.69, 9.17) is 5.73 Å². The van der Waals surface area contributed by atoms with E-state index in [9.17, 15) is 9.59 Å². The molecule has 5 nitrogen and oxygen atoms in total. The molecule has 0 aliphatic rings.